The predicted molar refractivity (Wildman–Crippen MR) is 116 cm³/mol. The average molecular weight is 447 g/mol. The maximum absolute atomic E-state index is 13.2. The monoisotopic (exact) mass is 447 g/mol. The fraction of sp³-hybridized carbons (Fsp3) is 0.240. The number of likely N-dealkylation sites (tertiary alicyclic amines) is 1. The first-order valence-electron chi connectivity index (χ1n) is 10.6. The van der Waals surface area contributed by atoms with Crippen molar-refractivity contribution in [2.24, 2.45) is 0 Å². The van der Waals surface area contributed by atoms with Crippen molar-refractivity contribution in [2.75, 3.05) is 20.7 Å². The molecule has 3 aliphatic rings. The molecule has 0 aromatic heterocycles. The third-order valence-corrected chi connectivity index (χ3v) is 6.00. The molecule has 1 saturated heterocycles. The first kappa shape index (κ1) is 19.6. The van der Waals surface area contributed by atoms with Crippen LogP contribution < -0.4 is 28.4 Å². The lowest BCUT2D eigenvalue weighted by Crippen LogP contribution is -2.60. The molecule has 8 nitrogen and oxygen atoms in total. The van der Waals surface area contributed by atoms with Gasteiger partial charge in [0, 0.05) is 6.54 Å². The van der Waals surface area contributed by atoms with Crippen LogP contribution >= 0.6 is 0 Å². The topological polar surface area (TPSA) is 75.7 Å². The van der Waals surface area contributed by atoms with Crippen LogP contribution in [0.25, 0.3) is 0 Å². The van der Waals surface area contributed by atoms with Crippen LogP contribution in [0, 0.1) is 0 Å². The van der Waals surface area contributed by atoms with E-state index in [-0.39, 0.29) is 25.5 Å². The highest BCUT2D eigenvalue weighted by Crippen LogP contribution is 2.43. The predicted octanol–water partition coefficient (Wildman–Crippen LogP) is 3.68. The van der Waals surface area contributed by atoms with Gasteiger partial charge in [-0.2, -0.15) is 0 Å². The zero-order valence-electron chi connectivity index (χ0n) is 17.9. The fourth-order valence-electron chi connectivity index (χ4n) is 4.30. The van der Waals surface area contributed by atoms with Crippen molar-refractivity contribution in [3.8, 4) is 34.5 Å². The molecule has 0 aliphatic carbocycles. The Morgan fingerprint density at radius 3 is 2.18 bits per heavy atom. The number of amides is 1. The van der Waals surface area contributed by atoms with E-state index in [1.165, 1.54) is 0 Å². The van der Waals surface area contributed by atoms with Gasteiger partial charge in [-0.1, -0.05) is 12.1 Å². The van der Waals surface area contributed by atoms with Crippen LogP contribution in [0.5, 0.6) is 34.5 Å². The zero-order chi connectivity index (χ0) is 22.4. The number of hydrogen-bond acceptors (Lipinski definition) is 7. The normalized spacial score (nSPS) is 19.9. The maximum Gasteiger partial charge on any atom is 0.267 e. The summed E-state index contributed by atoms with van der Waals surface area (Å²) >= 11 is 0. The molecule has 6 rings (SSSR count). The lowest BCUT2D eigenvalue weighted by atomic mass is 9.89. The van der Waals surface area contributed by atoms with Gasteiger partial charge in [0.25, 0.3) is 5.91 Å². The number of carbonyl (C=O) groups is 1. The molecule has 168 valence electrons. The van der Waals surface area contributed by atoms with E-state index in [4.69, 9.17) is 28.4 Å². The van der Waals surface area contributed by atoms with Gasteiger partial charge < -0.3 is 33.3 Å². The summed E-state index contributed by atoms with van der Waals surface area (Å²) in [5, 5.41) is 0. The molecule has 0 radical (unpaired) electrons. The molecule has 2 atom stereocenters. The Bertz CT molecular complexity index is 1210. The standard InChI is InChI=1S/C25H21NO7/c1-28-17-4-6-18(7-5-17)33-24-23(16-3-9-20-22(11-16)32-14-30-20)26(25(24)27)12-15-2-8-19-21(10-15)31-13-29-19/h2-11,23-24H,12-14H2,1H3/t23-,24+/m0/s1. The minimum Gasteiger partial charge on any atom is -0.497 e. The molecule has 3 heterocycles. The molecule has 0 unspecified atom stereocenters. The smallest absolute Gasteiger partial charge is 0.267 e. The SMILES string of the molecule is COc1ccc(O[C@H]2C(=O)N(Cc3ccc4c(c3)OCO4)[C@H]2c2ccc3c(c2)OCO3)cc1. The number of carbonyl (C=O) groups excluding carboxylic acids is 1. The van der Waals surface area contributed by atoms with Crippen molar-refractivity contribution < 1.29 is 33.2 Å². The molecule has 0 spiro atoms. The Morgan fingerprint density at radius 1 is 0.818 bits per heavy atom. The van der Waals surface area contributed by atoms with Gasteiger partial charge in [-0.05, 0) is 59.7 Å². The van der Waals surface area contributed by atoms with Crippen LogP contribution in [-0.4, -0.2) is 37.6 Å². The Kier molecular flexibility index (Phi) is 4.64. The lowest BCUT2D eigenvalue weighted by Gasteiger charge is -2.46. The number of hydrogen-bond donors (Lipinski definition) is 0. The summed E-state index contributed by atoms with van der Waals surface area (Å²) in [6.07, 6.45) is -0.659. The highest BCUT2D eigenvalue weighted by Gasteiger charge is 2.50. The lowest BCUT2D eigenvalue weighted by molar-refractivity contribution is -0.165. The van der Waals surface area contributed by atoms with Crippen LogP contribution in [0.2, 0.25) is 0 Å². The van der Waals surface area contributed by atoms with Crippen LogP contribution in [0.15, 0.2) is 60.7 Å². The van der Waals surface area contributed by atoms with Gasteiger partial charge in [-0.3, -0.25) is 4.79 Å². The summed E-state index contributed by atoms with van der Waals surface area (Å²) in [5.74, 6) is 3.98. The number of ether oxygens (including phenoxy) is 6. The third-order valence-electron chi connectivity index (χ3n) is 6.00. The Balaban J connectivity index is 1.29. The third kappa shape index (κ3) is 3.44. The zero-order valence-corrected chi connectivity index (χ0v) is 17.9. The van der Waals surface area contributed by atoms with Crippen LogP contribution in [0.4, 0.5) is 0 Å². The van der Waals surface area contributed by atoms with Gasteiger partial charge in [-0.25, -0.2) is 0 Å². The number of rotatable bonds is 6. The van der Waals surface area contributed by atoms with Crippen molar-refractivity contribution in [2.45, 2.75) is 18.7 Å². The van der Waals surface area contributed by atoms with Crippen LogP contribution in [-0.2, 0) is 11.3 Å². The van der Waals surface area contributed by atoms with E-state index in [9.17, 15) is 4.79 Å². The largest absolute Gasteiger partial charge is 0.497 e. The van der Waals surface area contributed by atoms with Gasteiger partial charge in [0.1, 0.15) is 17.5 Å². The molecule has 0 bridgehead atoms. The quantitative estimate of drug-likeness (QED) is 0.534. The van der Waals surface area contributed by atoms with E-state index in [0.29, 0.717) is 35.3 Å². The molecule has 0 N–H and O–H groups in total. The number of nitrogens with zero attached hydrogens (tertiary/aromatic N) is 1. The highest BCUT2D eigenvalue weighted by atomic mass is 16.7. The number of benzene rings is 3. The molecule has 1 fully saturated rings. The summed E-state index contributed by atoms with van der Waals surface area (Å²) < 4.78 is 33.2. The number of methoxy groups -OCH3 is 1. The molecule has 3 aromatic carbocycles. The minimum absolute atomic E-state index is 0.0915. The second kappa shape index (κ2) is 7.81. The van der Waals surface area contributed by atoms with Crippen molar-refractivity contribution in [3.05, 3.63) is 71.8 Å². The van der Waals surface area contributed by atoms with E-state index in [1.54, 1.807) is 36.3 Å². The molecular weight excluding hydrogens is 426 g/mol. The summed E-state index contributed by atoms with van der Waals surface area (Å²) in [7, 11) is 1.61. The van der Waals surface area contributed by atoms with Crippen LogP contribution in [0.3, 0.4) is 0 Å². The van der Waals surface area contributed by atoms with Gasteiger partial charge in [0.2, 0.25) is 19.7 Å². The number of fused-ring (bicyclic) bond motifs is 2. The molecule has 33 heavy (non-hydrogen) atoms. The molecule has 0 saturated carbocycles. The first-order valence-corrected chi connectivity index (χ1v) is 10.6. The van der Waals surface area contributed by atoms with Crippen molar-refractivity contribution in [1.82, 2.24) is 4.90 Å². The molecule has 1 amide bonds. The maximum atomic E-state index is 13.2. The van der Waals surface area contributed by atoms with E-state index in [0.717, 1.165) is 16.9 Å². The molecule has 3 aliphatic heterocycles. The second-order valence-corrected chi connectivity index (χ2v) is 7.93. The summed E-state index contributed by atoms with van der Waals surface area (Å²) in [4.78, 5) is 15.0. The average Bonchev–Trinajstić information content (AvgIpc) is 3.52. The van der Waals surface area contributed by atoms with Gasteiger partial charge >= 0.3 is 0 Å². The fourth-order valence-corrected chi connectivity index (χ4v) is 4.30. The van der Waals surface area contributed by atoms with Crippen molar-refractivity contribution in [1.29, 1.82) is 0 Å². The Morgan fingerprint density at radius 2 is 1.45 bits per heavy atom. The minimum atomic E-state index is -0.659. The number of β-lactam (4-membered cyclic amide) rings is 1. The molecule has 3 aromatic rings. The first-order chi connectivity index (χ1) is 16.2. The second-order valence-electron chi connectivity index (χ2n) is 7.93. The Hall–Kier alpha value is -4.07. The Labute approximate surface area is 190 Å². The summed E-state index contributed by atoms with van der Waals surface area (Å²) in [6, 6.07) is 18.3. The van der Waals surface area contributed by atoms with Crippen LogP contribution in [0.1, 0.15) is 17.2 Å². The van der Waals surface area contributed by atoms with Gasteiger partial charge in [-0.15, -0.1) is 0 Å². The van der Waals surface area contributed by atoms with Crippen molar-refractivity contribution in [3.63, 3.8) is 0 Å². The van der Waals surface area contributed by atoms with E-state index in [2.05, 4.69) is 0 Å². The van der Waals surface area contributed by atoms with E-state index >= 15 is 0 Å². The van der Waals surface area contributed by atoms with Gasteiger partial charge in [0.05, 0.1) is 7.11 Å². The molecule has 8 heteroatoms. The van der Waals surface area contributed by atoms with Gasteiger partial charge in [0.15, 0.2) is 23.0 Å². The van der Waals surface area contributed by atoms with E-state index in [1.807, 2.05) is 36.4 Å². The van der Waals surface area contributed by atoms with E-state index < -0.39 is 6.10 Å². The summed E-state index contributed by atoms with van der Waals surface area (Å²) in [5.41, 5.74) is 1.86. The highest BCUT2D eigenvalue weighted by molar-refractivity contribution is 5.89. The molecular formula is C25H21NO7. The summed E-state index contributed by atoms with van der Waals surface area (Å²) in [6.45, 7) is 0.811. The van der Waals surface area contributed by atoms with Crippen molar-refractivity contribution >= 4 is 5.91 Å².